The topological polar surface area (TPSA) is 38.9 Å². The fraction of sp³-hybridized carbons (Fsp3) is 0.471. The van der Waals surface area contributed by atoms with E-state index in [4.69, 9.17) is 5.73 Å². The molecule has 2 aromatic rings. The van der Waals surface area contributed by atoms with Crippen LogP contribution in [0.3, 0.4) is 0 Å². The number of hydrogen-bond donors (Lipinski definition) is 1. The van der Waals surface area contributed by atoms with Gasteiger partial charge in [-0.05, 0) is 41.7 Å². The van der Waals surface area contributed by atoms with Gasteiger partial charge in [0.25, 0.3) is 0 Å². The maximum atomic E-state index is 6.69. The Hall–Kier alpha value is -1.41. The van der Waals surface area contributed by atoms with Gasteiger partial charge in [-0.2, -0.15) is 0 Å². The van der Waals surface area contributed by atoms with E-state index in [0.29, 0.717) is 5.41 Å². The van der Waals surface area contributed by atoms with Crippen molar-refractivity contribution in [1.82, 2.24) is 4.98 Å². The van der Waals surface area contributed by atoms with E-state index in [2.05, 4.69) is 36.2 Å². The zero-order chi connectivity index (χ0) is 13.3. The number of fused-ring (bicyclic) bond motifs is 1. The van der Waals surface area contributed by atoms with Crippen molar-refractivity contribution in [3.05, 3.63) is 42.2 Å². The van der Waals surface area contributed by atoms with Gasteiger partial charge >= 0.3 is 0 Å². The lowest BCUT2D eigenvalue weighted by Gasteiger charge is -2.35. The van der Waals surface area contributed by atoms with E-state index in [0.717, 1.165) is 0 Å². The van der Waals surface area contributed by atoms with Gasteiger partial charge in [0, 0.05) is 23.8 Å². The zero-order valence-electron chi connectivity index (χ0n) is 11.6. The Balaban J connectivity index is 2.08. The summed E-state index contributed by atoms with van der Waals surface area (Å²) in [6.07, 6.45) is 10.2. The van der Waals surface area contributed by atoms with Gasteiger partial charge in [0.1, 0.15) is 0 Å². The lowest BCUT2D eigenvalue weighted by Crippen LogP contribution is -2.31. The summed E-state index contributed by atoms with van der Waals surface area (Å²) in [5, 5.41) is 2.46. The Kier molecular flexibility index (Phi) is 3.28. The fourth-order valence-corrected chi connectivity index (χ4v) is 3.71. The number of aromatic nitrogens is 1. The smallest absolute Gasteiger partial charge is 0.0358 e. The second-order valence-corrected chi connectivity index (χ2v) is 5.84. The number of rotatable bonds is 3. The van der Waals surface area contributed by atoms with Crippen molar-refractivity contribution in [2.24, 2.45) is 11.1 Å². The minimum atomic E-state index is 0.145. The molecular formula is C17H22N2. The van der Waals surface area contributed by atoms with Crippen molar-refractivity contribution < 1.29 is 0 Å². The molecule has 1 aliphatic rings. The molecule has 1 aliphatic carbocycles. The quantitative estimate of drug-likeness (QED) is 0.891. The molecule has 1 aromatic carbocycles. The molecule has 1 aromatic heterocycles. The number of nitrogens with two attached hydrogens (primary N) is 1. The van der Waals surface area contributed by atoms with Crippen LogP contribution in [0.2, 0.25) is 0 Å². The molecule has 2 heteroatoms. The molecule has 0 radical (unpaired) electrons. The Morgan fingerprint density at radius 3 is 2.79 bits per heavy atom. The van der Waals surface area contributed by atoms with Crippen LogP contribution in [0.15, 0.2) is 36.7 Å². The largest absolute Gasteiger partial charge is 0.323 e. The highest BCUT2D eigenvalue weighted by Gasteiger charge is 2.38. The summed E-state index contributed by atoms with van der Waals surface area (Å²) >= 11 is 0. The summed E-state index contributed by atoms with van der Waals surface area (Å²) in [7, 11) is 0. The summed E-state index contributed by atoms with van der Waals surface area (Å²) in [4.78, 5) is 4.21. The molecule has 1 fully saturated rings. The highest BCUT2D eigenvalue weighted by Crippen LogP contribution is 2.49. The predicted molar refractivity (Wildman–Crippen MR) is 79.9 cm³/mol. The third kappa shape index (κ3) is 2.04. The first kappa shape index (κ1) is 12.6. The van der Waals surface area contributed by atoms with Crippen LogP contribution in [-0.4, -0.2) is 4.98 Å². The van der Waals surface area contributed by atoms with Gasteiger partial charge < -0.3 is 5.73 Å². The molecule has 19 heavy (non-hydrogen) atoms. The van der Waals surface area contributed by atoms with E-state index < -0.39 is 0 Å². The molecular weight excluding hydrogens is 232 g/mol. The molecule has 1 unspecified atom stereocenters. The van der Waals surface area contributed by atoms with Crippen molar-refractivity contribution in [3.8, 4) is 0 Å². The summed E-state index contributed by atoms with van der Waals surface area (Å²) in [5.41, 5.74) is 8.29. The molecule has 0 saturated heterocycles. The molecule has 2 N–H and O–H groups in total. The van der Waals surface area contributed by atoms with Crippen LogP contribution in [0.4, 0.5) is 0 Å². The molecule has 1 saturated carbocycles. The molecule has 0 amide bonds. The summed E-state index contributed by atoms with van der Waals surface area (Å²) in [5.74, 6) is 0. The minimum Gasteiger partial charge on any atom is -0.323 e. The van der Waals surface area contributed by atoms with Gasteiger partial charge in [-0.1, -0.05) is 38.0 Å². The molecule has 0 bridgehead atoms. The molecule has 1 atom stereocenters. The van der Waals surface area contributed by atoms with Crippen LogP contribution < -0.4 is 5.73 Å². The van der Waals surface area contributed by atoms with Crippen molar-refractivity contribution >= 4 is 10.8 Å². The van der Waals surface area contributed by atoms with Crippen molar-refractivity contribution in [3.63, 3.8) is 0 Å². The predicted octanol–water partition coefficient (Wildman–Crippen LogP) is 4.21. The van der Waals surface area contributed by atoms with Gasteiger partial charge in [-0.25, -0.2) is 0 Å². The molecule has 3 rings (SSSR count). The Morgan fingerprint density at radius 2 is 2.05 bits per heavy atom. The maximum Gasteiger partial charge on any atom is 0.0358 e. The van der Waals surface area contributed by atoms with Crippen LogP contribution in [0.5, 0.6) is 0 Å². The average Bonchev–Trinajstić information content (AvgIpc) is 2.96. The first-order valence-electron chi connectivity index (χ1n) is 7.35. The summed E-state index contributed by atoms with van der Waals surface area (Å²) in [6, 6.07) is 8.67. The van der Waals surface area contributed by atoms with Gasteiger partial charge in [-0.3, -0.25) is 4.98 Å². The molecule has 1 heterocycles. The normalized spacial score (nSPS) is 19.7. The SMILES string of the molecule is CCC1(C(N)c2cccc3cnccc23)CCCC1. The standard InChI is InChI=1S/C17H22N2/c1-2-17(9-3-4-10-17)16(18)15-7-5-6-13-12-19-11-8-14(13)15/h5-8,11-12,16H,2-4,9-10,18H2,1H3. The van der Waals surface area contributed by atoms with Crippen molar-refractivity contribution in [2.75, 3.05) is 0 Å². The zero-order valence-corrected chi connectivity index (χ0v) is 11.6. The van der Waals surface area contributed by atoms with Crippen molar-refractivity contribution in [1.29, 1.82) is 0 Å². The number of nitrogens with zero attached hydrogens (tertiary/aromatic N) is 1. The highest BCUT2D eigenvalue weighted by atomic mass is 14.7. The van der Waals surface area contributed by atoms with Gasteiger partial charge in [0.05, 0.1) is 0 Å². The van der Waals surface area contributed by atoms with Gasteiger partial charge in [-0.15, -0.1) is 0 Å². The Bertz CT molecular complexity index is 565. The third-order valence-corrected chi connectivity index (χ3v) is 5.01. The van der Waals surface area contributed by atoms with Crippen LogP contribution in [0.1, 0.15) is 50.6 Å². The maximum absolute atomic E-state index is 6.69. The van der Waals surface area contributed by atoms with E-state index in [1.54, 1.807) is 0 Å². The summed E-state index contributed by atoms with van der Waals surface area (Å²) in [6.45, 7) is 2.29. The fourth-order valence-electron chi connectivity index (χ4n) is 3.71. The van der Waals surface area contributed by atoms with E-state index in [1.807, 2.05) is 12.4 Å². The monoisotopic (exact) mass is 254 g/mol. The lowest BCUT2D eigenvalue weighted by atomic mass is 9.73. The number of pyridine rings is 1. The van der Waals surface area contributed by atoms with Crippen LogP contribution in [0.25, 0.3) is 10.8 Å². The van der Waals surface area contributed by atoms with Crippen molar-refractivity contribution in [2.45, 2.75) is 45.1 Å². The second kappa shape index (κ2) is 4.93. The lowest BCUT2D eigenvalue weighted by molar-refractivity contribution is 0.223. The molecule has 0 aliphatic heterocycles. The number of hydrogen-bond acceptors (Lipinski definition) is 2. The van der Waals surface area contributed by atoms with E-state index >= 15 is 0 Å². The van der Waals surface area contributed by atoms with Crippen LogP contribution in [0, 0.1) is 5.41 Å². The minimum absolute atomic E-state index is 0.145. The van der Waals surface area contributed by atoms with Gasteiger partial charge in [0.15, 0.2) is 0 Å². The summed E-state index contributed by atoms with van der Waals surface area (Å²) < 4.78 is 0. The van der Waals surface area contributed by atoms with E-state index in [1.165, 1.54) is 48.4 Å². The highest BCUT2D eigenvalue weighted by molar-refractivity contribution is 5.85. The second-order valence-electron chi connectivity index (χ2n) is 5.84. The molecule has 2 nitrogen and oxygen atoms in total. The Morgan fingerprint density at radius 1 is 1.26 bits per heavy atom. The van der Waals surface area contributed by atoms with Crippen LogP contribution in [-0.2, 0) is 0 Å². The Labute approximate surface area is 115 Å². The third-order valence-electron chi connectivity index (χ3n) is 5.01. The van der Waals surface area contributed by atoms with Crippen LogP contribution >= 0.6 is 0 Å². The molecule has 100 valence electrons. The van der Waals surface area contributed by atoms with E-state index in [9.17, 15) is 0 Å². The average molecular weight is 254 g/mol. The van der Waals surface area contributed by atoms with Gasteiger partial charge in [0.2, 0.25) is 0 Å². The number of benzene rings is 1. The molecule has 0 spiro atoms. The first-order chi connectivity index (χ1) is 9.27. The van der Waals surface area contributed by atoms with E-state index in [-0.39, 0.29) is 6.04 Å². The first-order valence-corrected chi connectivity index (χ1v) is 7.35.